The average molecular weight is 182 g/mol. The van der Waals surface area contributed by atoms with Crippen LogP contribution in [0.5, 0.6) is 0 Å². The maximum absolute atomic E-state index is 10.3. The van der Waals surface area contributed by atoms with E-state index in [1.807, 2.05) is 0 Å². The molecule has 0 aromatic carbocycles. The molecule has 0 spiro atoms. The number of aliphatic carboxylic acids is 1. The molecule has 0 aromatic rings. The van der Waals surface area contributed by atoms with Crippen molar-refractivity contribution < 1.29 is 28.8 Å². The minimum atomic E-state index is -4.66. The Morgan fingerprint density at radius 1 is 1.45 bits per heavy atom. The highest BCUT2D eigenvalue weighted by molar-refractivity contribution is 7.46. The second-order valence-electron chi connectivity index (χ2n) is 2.38. The minimum Gasteiger partial charge on any atom is -0.479 e. The molecule has 1 saturated carbocycles. The fourth-order valence-electron chi connectivity index (χ4n) is 0.685. The predicted octanol–water partition coefficient (Wildman–Crippen LogP) is -0.287. The van der Waals surface area contributed by atoms with Gasteiger partial charge in [0.25, 0.3) is 0 Å². The summed E-state index contributed by atoms with van der Waals surface area (Å²) in [7, 11) is -4.66. The van der Waals surface area contributed by atoms with Crippen LogP contribution in [0.2, 0.25) is 0 Å². The third-order valence-electron chi connectivity index (χ3n) is 1.39. The first-order valence-corrected chi connectivity index (χ1v) is 4.38. The SMILES string of the molecule is O=C(O)C1(OP(=O)(O)O)CC1. The van der Waals surface area contributed by atoms with E-state index in [9.17, 15) is 9.36 Å². The van der Waals surface area contributed by atoms with Crippen LogP contribution in [0, 0.1) is 0 Å². The Morgan fingerprint density at radius 3 is 2.00 bits per heavy atom. The zero-order valence-electron chi connectivity index (χ0n) is 5.43. The molecule has 11 heavy (non-hydrogen) atoms. The van der Waals surface area contributed by atoms with Crippen molar-refractivity contribution in [2.24, 2.45) is 0 Å². The summed E-state index contributed by atoms with van der Waals surface area (Å²) in [5, 5.41) is 8.40. The van der Waals surface area contributed by atoms with Gasteiger partial charge >= 0.3 is 13.8 Å². The minimum absolute atomic E-state index is 0.160. The fourth-order valence-corrected chi connectivity index (χ4v) is 1.40. The van der Waals surface area contributed by atoms with E-state index in [1.54, 1.807) is 0 Å². The van der Waals surface area contributed by atoms with E-state index in [1.165, 1.54) is 0 Å². The molecule has 6 nitrogen and oxygen atoms in total. The summed E-state index contributed by atoms with van der Waals surface area (Å²) in [5.74, 6) is -1.32. The van der Waals surface area contributed by atoms with E-state index in [4.69, 9.17) is 14.9 Å². The smallest absolute Gasteiger partial charge is 0.470 e. The number of carboxylic acids is 1. The Hall–Kier alpha value is -0.420. The molecule has 0 radical (unpaired) electrons. The van der Waals surface area contributed by atoms with Crippen LogP contribution >= 0.6 is 7.82 Å². The van der Waals surface area contributed by atoms with Gasteiger partial charge in [0, 0.05) is 0 Å². The summed E-state index contributed by atoms with van der Waals surface area (Å²) >= 11 is 0. The highest BCUT2D eigenvalue weighted by Crippen LogP contribution is 2.52. The summed E-state index contributed by atoms with van der Waals surface area (Å²) in [6, 6.07) is 0. The first-order valence-electron chi connectivity index (χ1n) is 2.85. The fraction of sp³-hybridized carbons (Fsp3) is 0.750. The van der Waals surface area contributed by atoms with Gasteiger partial charge in [0.2, 0.25) is 0 Å². The van der Waals surface area contributed by atoms with E-state index in [2.05, 4.69) is 4.52 Å². The zero-order valence-corrected chi connectivity index (χ0v) is 6.32. The lowest BCUT2D eigenvalue weighted by Crippen LogP contribution is -2.24. The lowest BCUT2D eigenvalue weighted by atomic mass is 10.4. The third-order valence-corrected chi connectivity index (χ3v) is 1.97. The van der Waals surface area contributed by atoms with Gasteiger partial charge in [-0.1, -0.05) is 0 Å². The van der Waals surface area contributed by atoms with Gasteiger partial charge in [0.05, 0.1) is 0 Å². The Morgan fingerprint density at radius 2 is 1.91 bits per heavy atom. The lowest BCUT2D eigenvalue weighted by molar-refractivity contribution is -0.148. The topological polar surface area (TPSA) is 104 Å². The highest BCUT2D eigenvalue weighted by Gasteiger charge is 2.55. The molecule has 64 valence electrons. The summed E-state index contributed by atoms with van der Waals surface area (Å²) in [5.41, 5.74) is -1.61. The second-order valence-corrected chi connectivity index (χ2v) is 3.55. The molecule has 1 aliphatic carbocycles. The van der Waals surface area contributed by atoms with Gasteiger partial charge in [0.15, 0.2) is 5.60 Å². The number of phosphoric acid groups is 1. The summed E-state index contributed by atoms with van der Waals surface area (Å²) in [6.45, 7) is 0. The standard InChI is InChI=1S/C4H7O6P/c5-3(6)4(1-2-4)10-11(7,8)9/h1-2H2,(H,5,6)(H2,7,8,9). The molecule has 0 amide bonds. The van der Waals surface area contributed by atoms with Crippen molar-refractivity contribution in [3.8, 4) is 0 Å². The molecule has 1 aliphatic rings. The molecular formula is C4H7O6P. The number of hydrogen-bond donors (Lipinski definition) is 3. The van der Waals surface area contributed by atoms with E-state index >= 15 is 0 Å². The van der Waals surface area contributed by atoms with Crippen LogP contribution in [0.1, 0.15) is 12.8 Å². The largest absolute Gasteiger partial charge is 0.479 e. The highest BCUT2D eigenvalue weighted by atomic mass is 31.2. The zero-order chi connectivity index (χ0) is 8.70. The van der Waals surface area contributed by atoms with Crippen molar-refractivity contribution >= 4 is 13.8 Å². The van der Waals surface area contributed by atoms with Gasteiger partial charge in [0.1, 0.15) is 0 Å². The van der Waals surface area contributed by atoms with Gasteiger partial charge in [-0.25, -0.2) is 9.36 Å². The maximum Gasteiger partial charge on any atom is 0.470 e. The number of hydrogen-bond acceptors (Lipinski definition) is 3. The van der Waals surface area contributed by atoms with Crippen molar-refractivity contribution in [1.82, 2.24) is 0 Å². The van der Waals surface area contributed by atoms with Crippen LogP contribution in [0.3, 0.4) is 0 Å². The average Bonchev–Trinajstić information content (AvgIpc) is 2.43. The van der Waals surface area contributed by atoms with Gasteiger partial charge in [-0.2, -0.15) is 0 Å². The van der Waals surface area contributed by atoms with Crippen molar-refractivity contribution in [2.75, 3.05) is 0 Å². The van der Waals surface area contributed by atoms with Crippen molar-refractivity contribution in [1.29, 1.82) is 0 Å². The predicted molar refractivity (Wildman–Crippen MR) is 32.7 cm³/mol. The number of carboxylic acid groups (broad SMARTS) is 1. The molecule has 0 saturated heterocycles. The van der Waals surface area contributed by atoms with E-state index in [0.29, 0.717) is 0 Å². The number of phosphoric ester groups is 1. The van der Waals surface area contributed by atoms with E-state index in [-0.39, 0.29) is 12.8 Å². The molecular weight excluding hydrogens is 175 g/mol. The van der Waals surface area contributed by atoms with Gasteiger partial charge in [-0.15, -0.1) is 0 Å². The Bertz CT molecular complexity index is 225. The summed E-state index contributed by atoms with van der Waals surface area (Å²) in [4.78, 5) is 26.8. The first-order chi connectivity index (χ1) is 4.86. The third kappa shape index (κ3) is 2.00. The molecule has 7 heteroatoms. The van der Waals surface area contributed by atoms with Crippen LogP contribution in [0.15, 0.2) is 0 Å². The van der Waals surface area contributed by atoms with Crippen molar-refractivity contribution in [3.05, 3.63) is 0 Å². The van der Waals surface area contributed by atoms with Crippen LogP contribution < -0.4 is 0 Å². The van der Waals surface area contributed by atoms with Crippen LogP contribution in [0.25, 0.3) is 0 Å². The Labute approximate surface area is 62.0 Å². The molecule has 0 aliphatic heterocycles. The molecule has 1 fully saturated rings. The normalized spacial score (nSPS) is 21.3. The van der Waals surface area contributed by atoms with E-state index in [0.717, 1.165) is 0 Å². The molecule has 0 unspecified atom stereocenters. The van der Waals surface area contributed by atoms with Gasteiger partial charge < -0.3 is 14.9 Å². The van der Waals surface area contributed by atoms with Gasteiger partial charge in [-0.3, -0.25) is 4.52 Å². The molecule has 3 N–H and O–H groups in total. The maximum atomic E-state index is 10.3. The first kappa shape index (κ1) is 8.67. The number of rotatable bonds is 3. The molecule has 0 atom stereocenters. The molecule has 0 bridgehead atoms. The second kappa shape index (κ2) is 2.28. The van der Waals surface area contributed by atoms with Gasteiger partial charge in [-0.05, 0) is 12.8 Å². The summed E-state index contributed by atoms with van der Waals surface area (Å²) < 4.78 is 14.3. The van der Waals surface area contributed by atoms with Crippen molar-refractivity contribution in [3.63, 3.8) is 0 Å². The van der Waals surface area contributed by atoms with Crippen LogP contribution in [0.4, 0.5) is 0 Å². The molecule has 0 heterocycles. The van der Waals surface area contributed by atoms with Crippen molar-refractivity contribution in [2.45, 2.75) is 18.4 Å². The monoisotopic (exact) mass is 182 g/mol. The Kier molecular flexibility index (Phi) is 1.80. The Balaban J connectivity index is 2.63. The van der Waals surface area contributed by atoms with Crippen LogP contribution in [-0.2, 0) is 13.9 Å². The van der Waals surface area contributed by atoms with Crippen LogP contribution in [-0.4, -0.2) is 26.5 Å². The van der Waals surface area contributed by atoms with E-state index < -0.39 is 19.4 Å². The lowest BCUT2D eigenvalue weighted by Gasteiger charge is -2.10. The molecule has 1 rings (SSSR count). The molecule has 0 aromatic heterocycles. The number of carbonyl (C=O) groups is 1. The quantitative estimate of drug-likeness (QED) is 0.518. The summed E-state index contributed by atoms with van der Waals surface area (Å²) in [6.07, 6.45) is 0.320.